The molecule has 0 unspecified atom stereocenters. The van der Waals surface area contributed by atoms with E-state index in [0.29, 0.717) is 5.69 Å². The molecule has 0 bridgehead atoms. The average Bonchev–Trinajstić information content (AvgIpc) is 2.84. The van der Waals surface area contributed by atoms with E-state index in [0.717, 1.165) is 17.8 Å². The summed E-state index contributed by atoms with van der Waals surface area (Å²) in [6.07, 6.45) is 0. The summed E-state index contributed by atoms with van der Waals surface area (Å²) < 4.78 is 0. The molecule has 1 heterocycles. The van der Waals surface area contributed by atoms with Crippen LogP contribution in [0, 0.1) is 6.92 Å². The topological polar surface area (TPSA) is 66.6 Å². The van der Waals surface area contributed by atoms with Crippen LogP contribution >= 0.6 is 11.3 Å². The molecule has 4 nitrogen and oxygen atoms in total. The van der Waals surface area contributed by atoms with Crippen molar-refractivity contribution in [2.75, 3.05) is 17.7 Å². The van der Waals surface area contributed by atoms with Crippen LogP contribution in [-0.2, 0) is 6.54 Å². The van der Waals surface area contributed by atoms with Gasteiger partial charge in [0.05, 0.1) is 12.1 Å². The van der Waals surface area contributed by atoms with Crippen molar-refractivity contribution in [3.8, 4) is 0 Å². The Hall–Kier alpha value is -2.01. The highest BCUT2D eigenvalue weighted by molar-refractivity contribution is 7.09. The van der Waals surface area contributed by atoms with Crippen molar-refractivity contribution in [2.45, 2.75) is 13.5 Å². The zero-order valence-corrected chi connectivity index (χ0v) is 11.7. The van der Waals surface area contributed by atoms with Gasteiger partial charge in [-0.15, -0.1) is 11.3 Å². The number of carbonyl (C=O) groups is 1. The molecule has 0 aliphatic carbocycles. The van der Waals surface area contributed by atoms with E-state index >= 15 is 0 Å². The quantitative estimate of drug-likeness (QED) is 0.842. The smallest absolute Gasteiger partial charge is 0.337 e. The Morgan fingerprint density at radius 3 is 2.79 bits per heavy atom. The molecule has 0 atom stereocenters. The van der Waals surface area contributed by atoms with Gasteiger partial charge < -0.3 is 15.7 Å². The normalized spacial score (nSPS) is 10.4. The van der Waals surface area contributed by atoms with Crippen molar-refractivity contribution >= 4 is 28.7 Å². The first-order valence-electron chi connectivity index (χ1n) is 5.86. The van der Waals surface area contributed by atoms with Gasteiger partial charge in [-0.3, -0.25) is 0 Å². The lowest BCUT2D eigenvalue weighted by molar-refractivity contribution is 0.0698. The van der Waals surface area contributed by atoms with Gasteiger partial charge in [-0.25, -0.2) is 4.79 Å². The van der Waals surface area contributed by atoms with Crippen LogP contribution in [0.4, 0.5) is 11.4 Å². The van der Waals surface area contributed by atoms with Crippen LogP contribution in [0.3, 0.4) is 0 Å². The van der Waals surface area contributed by atoms with Crippen LogP contribution in [0.25, 0.3) is 0 Å². The lowest BCUT2D eigenvalue weighted by Gasteiger charge is -2.20. The fraction of sp³-hybridized carbons (Fsp3) is 0.214. The number of aryl methyl sites for hydroxylation is 1. The van der Waals surface area contributed by atoms with E-state index in [1.54, 1.807) is 17.4 Å². The lowest BCUT2D eigenvalue weighted by Crippen LogP contribution is -2.17. The number of aromatic carboxylic acids is 1. The van der Waals surface area contributed by atoms with Gasteiger partial charge in [-0.05, 0) is 36.1 Å². The molecule has 19 heavy (non-hydrogen) atoms. The number of nitrogen functional groups attached to an aromatic ring is 1. The molecule has 0 saturated carbocycles. The summed E-state index contributed by atoms with van der Waals surface area (Å²) in [6.45, 7) is 2.57. The molecule has 0 aliphatic rings. The second-order valence-electron chi connectivity index (χ2n) is 4.46. The summed E-state index contributed by atoms with van der Waals surface area (Å²) in [5, 5.41) is 11.2. The molecule has 2 rings (SSSR count). The Balaban J connectivity index is 2.32. The minimum Gasteiger partial charge on any atom is -0.478 e. The Bertz CT molecular complexity index is 594. The second-order valence-corrected chi connectivity index (χ2v) is 5.50. The van der Waals surface area contributed by atoms with Crippen molar-refractivity contribution < 1.29 is 9.90 Å². The summed E-state index contributed by atoms with van der Waals surface area (Å²) in [4.78, 5) is 14.4. The standard InChI is InChI=1S/C14H16N2O2S/c1-9-6-10(7-12(13(9)15)14(17)18)16(2)8-11-4-3-5-19-11/h3-7H,8,15H2,1-2H3,(H,17,18). The summed E-state index contributed by atoms with van der Waals surface area (Å²) in [7, 11) is 1.94. The zero-order valence-electron chi connectivity index (χ0n) is 10.9. The minimum absolute atomic E-state index is 0.160. The maximum absolute atomic E-state index is 11.2. The minimum atomic E-state index is -0.994. The van der Waals surface area contributed by atoms with Crippen LogP contribution in [-0.4, -0.2) is 18.1 Å². The third-order valence-electron chi connectivity index (χ3n) is 3.02. The number of thiophene rings is 1. The van der Waals surface area contributed by atoms with E-state index in [2.05, 4.69) is 6.07 Å². The van der Waals surface area contributed by atoms with E-state index in [9.17, 15) is 4.79 Å². The molecule has 0 fully saturated rings. The molecule has 1 aromatic carbocycles. The largest absolute Gasteiger partial charge is 0.478 e. The van der Waals surface area contributed by atoms with Crippen molar-refractivity contribution in [2.24, 2.45) is 0 Å². The third kappa shape index (κ3) is 2.88. The number of hydrogen-bond donors (Lipinski definition) is 2. The van der Waals surface area contributed by atoms with Crippen LogP contribution in [0.2, 0.25) is 0 Å². The highest BCUT2D eigenvalue weighted by Crippen LogP contribution is 2.26. The monoisotopic (exact) mass is 276 g/mol. The molecule has 3 N–H and O–H groups in total. The van der Waals surface area contributed by atoms with Crippen LogP contribution < -0.4 is 10.6 Å². The molecule has 100 valence electrons. The van der Waals surface area contributed by atoms with Crippen LogP contribution in [0.15, 0.2) is 29.6 Å². The van der Waals surface area contributed by atoms with Crippen LogP contribution in [0.5, 0.6) is 0 Å². The van der Waals surface area contributed by atoms with Gasteiger partial charge in [0.15, 0.2) is 0 Å². The lowest BCUT2D eigenvalue weighted by atomic mass is 10.1. The second kappa shape index (κ2) is 5.32. The number of anilines is 2. The first kappa shape index (κ1) is 13.4. The maximum Gasteiger partial charge on any atom is 0.337 e. The molecule has 0 aliphatic heterocycles. The number of nitrogens with zero attached hydrogens (tertiary/aromatic N) is 1. The van der Waals surface area contributed by atoms with Gasteiger partial charge in [0.2, 0.25) is 0 Å². The molecule has 0 spiro atoms. The fourth-order valence-electron chi connectivity index (χ4n) is 1.90. The van der Waals surface area contributed by atoms with Crippen molar-refractivity contribution in [3.05, 3.63) is 45.6 Å². The molecule has 0 saturated heterocycles. The van der Waals surface area contributed by atoms with E-state index < -0.39 is 5.97 Å². The average molecular weight is 276 g/mol. The SMILES string of the molecule is Cc1cc(N(C)Cc2cccs2)cc(C(=O)O)c1N. The Morgan fingerprint density at radius 1 is 1.47 bits per heavy atom. The highest BCUT2D eigenvalue weighted by atomic mass is 32.1. The number of hydrogen-bond acceptors (Lipinski definition) is 4. The van der Waals surface area contributed by atoms with Crippen molar-refractivity contribution in [1.29, 1.82) is 0 Å². The van der Waals surface area contributed by atoms with Gasteiger partial charge in [-0.2, -0.15) is 0 Å². The van der Waals surface area contributed by atoms with Crippen LogP contribution in [0.1, 0.15) is 20.8 Å². The van der Waals surface area contributed by atoms with E-state index in [-0.39, 0.29) is 5.56 Å². The summed E-state index contributed by atoms with van der Waals surface area (Å²) in [5.41, 5.74) is 7.93. The number of carboxylic acid groups (broad SMARTS) is 1. The third-order valence-corrected chi connectivity index (χ3v) is 3.88. The summed E-state index contributed by atoms with van der Waals surface area (Å²) in [5.74, 6) is -0.994. The van der Waals surface area contributed by atoms with Crippen molar-refractivity contribution in [1.82, 2.24) is 0 Å². The number of benzene rings is 1. The molecule has 1 aromatic heterocycles. The summed E-state index contributed by atoms with van der Waals surface area (Å²) in [6, 6.07) is 7.60. The molecular weight excluding hydrogens is 260 g/mol. The predicted octanol–water partition coefficient (Wildman–Crippen LogP) is 2.97. The summed E-state index contributed by atoms with van der Waals surface area (Å²) >= 11 is 1.68. The Morgan fingerprint density at radius 2 is 2.21 bits per heavy atom. The maximum atomic E-state index is 11.2. The van der Waals surface area contributed by atoms with Gasteiger partial charge in [0.25, 0.3) is 0 Å². The van der Waals surface area contributed by atoms with E-state index in [4.69, 9.17) is 10.8 Å². The molecular formula is C14H16N2O2S. The van der Waals surface area contributed by atoms with Gasteiger partial charge in [0, 0.05) is 23.3 Å². The van der Waals surface area contributed by atoms with Crippen molar-refractivity contribution in [3.63, 3.8) is 0 Å². The Kier molecular flexibility index (Phi) is 3.76. The number of rotatable bonds is 4. The first-order valence-corrected chi connectivity index (χ1v) is 6.74. The molecule has 0 radical (unpaired) electrons. The highest BCUT2D eigenvalue weighted by Gasteiger charge is 2.13. The van der Waals surface area contributed by atoms with Gasteiger partial charge in [0.1, 0.15) is 0 Å². The molecule has 2 aromatic rings. The molecule has 5 heteroatoms. The number of carboxylic acids is 1. The number of nitrogens with two attached hydrogens (primary N) is 1. The zero-order chi connectivity index (χ0) is 14.0. The predicted molar refractivity (Wildman–Crippen MR) is 79.0 cm³/mol. The Labute approximate surface area is 116 Å². The van der Waals surface area contributed by atoms with Gasteiger partial charge >= 0.3 is 5.97 Å². The fourth-order valence-corrected chi connectivity index (χ4v) is 2.66. The van der Waals surface area contributed by atoms with Gasteiger partial charge in [-0.1, -0.05) is 6.07 Å². The van der Waals surface area contributed by atoms with E-state index in [1.807, 2.05) is 36.4 Å². The first-order chi connectivity index (χ1) is 8.99. The van der Waals surface area contributed by atoms with E-state index in [1.165, 1.54) is 4.88 Å². The molecule has 0 amide bonds.